The van der Waals surface area contributed by atoms with E-state index < -0.39 is 0 Å². The zero-order valence-corrected chi connectivity index (χ0v) is 12.2. The predicted molar refractivity (Wildman–Crippen MR) is 79.8 cm³/mol. The van der Waals surface area contributed by atoms with Gasteiger partial charge >= 0.3 is 0 Å². The highest BCUT2D eigenvalue weighted by molar-refractivity contribution is 5.42. The van der Waals surface area contributed by atoms with E-state index in [0.29, 0.717) is 11.8 Å². The van der Waals surface area contributed by atoms with Crippen molar-refractivity contribution in [2.45, 2.75) is 40.0 Å². The summed E-state index contributed by atoms with van der Waals surface area (Å²) < 4.78 is 0. The van der Waals surface area contributed by atoms with Gasteiger partial charge in [0.2, 0.25) is 0 Å². The molecule has 0 fully saturated rings. The molecule has 1 aromatic rings. The van der Waals surface area contributed by atoms with Gasteiger partial charge in [-0.05, 0) is 29.9 Å². The molecule has 0 saturated heterocycles. The van der Waals surface area contributed by atoms with Crippen LogP contribution in [0, 0.1) is 18.8 Å². The van der Waals surface area contributed by atoms with Gasteiger partial charge in [0.05, 0.1) is 0 Å². The Kier molecular flexibility index (Phi) is 3.47. The maximum Gasteiger partial charge on any atom is 0.0143 e. The third-order valence-corrected chi connectivity index (χ3v) is 4.35. The van der Waals surface area contributed by atoms with Gasteiger partial charge in [-0.25, -0.2) is 0 Å². The van der Waals surface area contributed by atoms with Crippen LogP contribution in [0.25, 0.3) is 0 Å². The fourth-order valence-electron chi connectivity index (χ4n) is 2.47. The number of aryl methyl sites for hydroxylation is 1. The van der Waals surface area contributed by atoms with Crippen molar-refractivity contribution in [1.29, 1.82) is 0 Å². The van der Waals surface area contributed by atoms with Gasteiger partial charge in [0.15, 0.2) is 0 Å². The Morgan fingerprint density at radius 3 is 2.11 bits per heavy atom. The maximum atomic E-state index is 2.44. The van der Waals surface area contributed by atoms with E-state index in [1.165, 1.54) is 16.7 Å². The second-order valence-corrected chi connectivity index (χ2v) is 6.19. The molecule has 0 saturated carbocycles. The van der Waals surface area contributed by atoms with Gasteiger partial charge in [-0.15, -0.1) is 0 Å². The van der Waals surface area contributed by atoms with Crippen molar-refractivity contribution in [1.82, 2.24) is 0 Å². The van der Waals surface area contributed by atoms with Gasteiger partial charge in [0.1, 0.15) is 0 Å². The number of hydrogen-bond donors (Lipinski definition) is 0. The Labute approximate surface area is 111 Å². The standard InChI is InChI=1S/C18H24/c1-13-6-9-16(10-7-13)18(4,5)17-11-8-14(2)15(3)12-17/h6-12,14-15H,1-5H3. The molecule has 0 N–H and O–H groups in total. The summed E-state index contributed by atoms with van der Waals surface area (Å²) in [6.45, 7) is 11.4. The smallest absolute Gasteiger partial charge is 0.0143 e. The second kappa shape index (κ2) is 4.76. The molecule has 2 rings (SSSR count). The van der Waals surface area contributed by atoms with Crippen molar-refractivity contribution in [2.24, 2.45) is 11.8 Å². The van der Waals surface area contributed by atoms with Gasteiger partial charge in [0, 0.05) is 5.41 Å². The summed E-state index contributed by atoms with van der Waals surface area (Å²) >= 11 is 0. The summed E-state index contributed by atoms with van der Waals surface area (Å²) in [6.07, 6.45) is 7.09. The largest absolute Gasteiger partial charge is 0.0808 e. The minimum absolute atomic E-state index is 0.0958. The van der Waals surface area contributed by atoms with Crippen LogP contribution in [0.2, 0.25) is 0 Å². The molecule has 0 amide bonds. The summed E-state index contributed by atoms with van der Waals surface area (Å²) in [4.78, 5) is 0. The number of benzene rings is 1. The van der Waals surface area contributed by atoms with E-state index in [1.54, 1.807) is 0 Å². The fourth-order valence-corrected chi connectivity index (χ4v) is 2.47. The van der Waals surface area contributed by atoms with E-state index in [-0.39, 0.29) is 5.41 Å². The van der Waals surface area contributed by atoms with Crippen LogP contribution in [-0.2, 0) is 5.41 Å². The summed E-state index contributed by atoms with van der Waals surface area (Å²) in [7, 11) is 0. The average Bonchev–Trinajstić information content (AvgIpc) is 2.33. The summed E-state index contributed by atoms with van der Waals surface area (Å²) in [6, 6.07) is 8.92. The van der Waals surface area contributed by atoms with Crippen LogP contribution < -0.4 is 0 Å². The lowest BCUT2D eigenvalue weighted by Crippen LogP contribution is -2.22. The zero-order valence-electron chi connectivity index (χ0n) is 12.2. The van der Waals surface area contributed by atoms with E-state index in [4.69, 9.17) is 0 Å². The maximum absolute atomic E-state index is 2.44. The van der Waals surface area contributed by atoms with E-state index >= 15 is 0 Å². The Hall–Kier alpha value is -1.30. The van der Waals surface area contributed by atoms with Gasteiger partial charge in [-0.2, -0.15) is 0 Å². The van der Waals surface area contributed by atoms with Crippen molar-refractivity contribution in [2.75, 3.05) is 0 Å². The number of allylic oxidation sites excluding steroid dienone is 4. The van der Waals surface area contributed by atoms with Gasteiger partial charge in [-0.1, -0.05) is 75.8 Å². The first-order valence-corrected chi connectivity index (χ1v) is 6.89. The zero-order chi connectivity index (χ0) is 13.3. The molecule has 2 unspecified atom stereocenters. The Morgan fingerprint density at radius 2 is 1.56 bits per heavy atom. The lowest BCUT2D eigenvalue weighted by molar-refractivity contribution is 0.526. The van der Waals surface area contributed by atoms with E-state index in [0.717, 1.165) is 0 Å². The molecular weight excluding hydrogens is 216 g/mol. The molecule has 1 aliphatic rings. The topological polar surface area (TPSA) is 0 Å². The highest BCUT2D eigenvalue weighted by Gasteiger charge is 2.26. The van der Waals surface area contributed by atoms with E-state index in [2.05, 4.69) is 77.1 Å². The molecule has 0 aliphatic heterocycles. The minimum Gasteiger partial charge on any atom is -0.0808 e. The fraction of sp³-hybridized carbons (Fsp3) is 0.444. The molecule has 2 atom stereocenters. The first-order valence-electron chi connectivity index (χ1n) is 6.89. The van der Waals surface area contributed by atoms with Crippen molar-refractivity contribution in [3.8, 4) is 0 Å². The van der Waals surface area contributed by atoms with Crippen LogP contribution >= 0.6 is 0 Å². The summed E-state index contributed by atoms with van der Waals surface area (Å²) in [5.41, 5.74) is 4.26. The van der Waals surface area contributed by atoms with Crippen molar-refractivity contribution in [3.05, 3.63) is 59.2 Å². The highest BCUT2D eigenvalue weighted by Crippen LogP contribution is 2.36. The Balaban J connectivity index is 2.34. The van der Waals surface area contributed by atoms with Crippen LogP contribution in [-0.4, -0.2) is 0 Å². The van der Waals surface area contributed by atoms with Crippen LogP contribution in [0.3, 0.4) is 0 Å². The van der Waals surface area contributed by atoms with Gasteiger partial charge in [0.25, 0.3) is 0 Å². The Bertz CT molecular complexity index is 471. The van der Waals surface area contributed by atoms with E-state index in [9.17, 15) is 0 Å². The van der Waals surface area contributed by atoms with Crippen molar-refractivity contribution >= 4 is 0 Å². The van der Waals surface area contributed by atoms with Gasteiger partial charge < -0.3 is 0 Å². The normalized spacial score (nSPS) is 23.9. The monoisotopic (exact) mass is 240 g/mol. The molecule has 0 nitrogen and oxygen atoms in total. The van der Waals surface area contributed by atoms with E-state index in [1.807, 2.05) is 0 Å². The van der Waals surface area contributed by atoms with Crippen LogP contribution in [0.1, 0.15) is 38.8 Å². The van der Waals surface area contributed by atoms with Crippen LogP contribution in [0.5, 0.6) is 0 Å². The average molecular weight is 240 g/mol. The molecular formula is C18H24. The third-order valence-electron chi connectivity index (χ3n) is 4.35. The first-order chi connectivity index (χ1) is 8.41. The number of rotatable bonds is 2. The summed E-state index contributed by atoms with van der Waals surface area (Å²) in [5.74, 6) is 1.29. The SMILES string of the molecule is Cc1ccc(C(C)(C)C2=CC(C)C(C)C=C2)cc1. The molecule has 0 aromatic heterocycles. The second-order valence-electron chi connectivity index (χ2n) is 6.19. The van der Waals surface area contributed by atoms with Crippen molar-refractivity contribution < 1.29 is 0 Å². The molecule has 0 radical (unpaired) electrons. The quantitative estimate of drug-likeness (QED) is 0.679. The number of hydrogen-bond acceptors (Lipinski definition) is 0. The molecule has 1 aromatic carbocycles. The van der Waals surface area contributed by atoms with Crippen LogP contribution in [0.4, 0.5) is 0 Å². The minimum atomic E-state index is 0.0958. The first kappa shape index (κ1) is 13.1. The lowest BCUT2D eigenvalue weighted by Gasteiger charge is -2.31. The summed E-state index contributed by atoms with van der Waals surface area (Å²) in [5, 5.41) is 0. The predicted octanol–water partition coefficient (Wildman–Crippen LogP) is 5.04. The highest BCUT2D eigenvalue weighted by atomic mass is 14.3. The molecule has 96 valence electrons. The van der Waals surface area contributed by atoms with Crippen molar-refractivity contribution in [3.63, 3.8) is 0 Å². The lowest BCUT2D eigenvalue weighted by atomic mass is 9.73. The Morgan fingerprint density at radius 1 is 0.944 bits per heavy atom. The molecule has 0 heteroatoms. The molecule has 0 heterocycles. The van der Waals surface area contributed by atoms with Crippen LogP contribution in [0.15, 0.2) is 48.1 Å². The molecule has 0 spiro atoms. The molecule has 18 heavy (non-hydrogen) atoms. The third kappa shape index (κ3) is 2.43. The molecule has 0 bridgehead atoms. The molecule has 1 aliphatic carbocycles. The van der Waals surface area contributed by atoms with Gasteiger partial charge in [-0.3, -0.25) is 0 Å².